The van der Waals surface area contributed by atoms with Crippen LogP contribution in [-0.4, -0.2) is 44.2 Å². The Hall–Kier alpha value is -1.66. The average molecular weight is 289 g/mol. The minimum Gasteiger partial charge on any atom is -0.378 e. The molecule has 0 radical (unpaired) electrons. The van der Waals surface area contributed by atoms with Gasteiger partial charge in [0.25, 0.3) is 0 Å². The lowest BCUT2D eigenvalue weighted by atomic mass is 10.2. The van der Waals surface area contributed by atoms with Gasteiger partial charge in [-0.3, -0.25) is 4.90 Å². The zero-order valence-corrected chi connectivity index (χ0v) is 12.9. The van der Waals surface area contributed by atoms with E-state index in [1.54, 1.807) is 0 Å². The minimum absolute atomic E-state index is 0.171. The van der Waals surface area contributed by atoms with Crippen LogP contribution in [0.4, 0.5) is 0 Å². The van der Waals surface area contributed by atoms with Crippen LogP contribution in [0.15, 0.2) is 18.6 Å². The fourth-order valence-corrected chi connectivity index (χ4v) is 2.80. The van der Waals surface area contributed by atoms with Gasteiger partial charge in [0.15, 0.2) is 0 Å². The summed E-state index contributed by atoms with van der Waals surface area (Å²) in [7, 11) is 0. The molecule has 21 heavy (non-hydrogen) atoms. The summed E-state index contributed by atoms with van der Waals surface area (Å²) in [5.41, 5.74) is 1.08. The molecule has 1 atom stereocenters. The molecular weight excluding hydrogens is 266 g/mol. The van der Waals surface area contributed by atoms with Gasteiger partial charge in [-0.25, -0.2) is 9.97 Å². The number of hydrogen-bond acceptors (Lipinski definition) is 4. The summed E-state index contributed by atoms with van der Waals surface area (Å²) < 4.78 is 7.87. The van der Waals surface area contributed by atoms with E-state index in [0.29, 0.717) is 12.6 Å². The van der Waals surface area contributed by atoms with E-state index < -0.39 is 0 Å². The summed E-state index contributed by atoms with van der Waals surface area (Å²) in [6.45, 7) is 9.54. The molecule has 114 valence electrons. The number of aromatic amines is 1. The van der Waals surface area contributed by atoms with Crippen LogP contribution < -0.4 is 0 Å². The van der Waals surface area contributed by atoms with Gasteiger partial charge < -0.3 is 14.3 Å². The van der Waals surface area contributed by atoms with Crippen molar-refractivity contribution in [1.29, 1.82) is 0 Å². The molecule has 0 bridgehead atoms. The summed E-state index contributed by atoms with van der Waals surface area (Å²) in [6.07, 6.45) is 5.80. The summed E-state index contributed by atoms with van der Waals surface area (Å²) in [6, 6.07) is 0.595. The second-order valence-corrected chi connectivity index (χ2v) is 5.86. The van der Waals surface area contributed by atoms with Crippen molar-refractivity contribution in [3.63, 3.8) is 0 Å². The SMILES string of the molecule is Cc1cnc([C@@H]2COCCN2Cc2nccn2C(C)C)[nH]1. The number of aromatic nitrogens is 4. The maximum atomic E-state index is 5.64. The minimum atomic E-state index is 0.171. The monoisotopic (exact) mass is 289 g/mol. The van der Waals surface area contributed by atoms with Crippen molar-refractivity contribution in [2.75, 3.05) is 19.8 Å². The number of ether oxygens (including phenoxy) is 1. The van der Waals surface area contributed by atoms with Gasteiger partial charge in [0.1, 0.15) is 11.6 Å². The van der Waals surface area contributed by atoms with E-state index >= 15 is 0 Å². The molecule has 2 aromatic rings. The first-order valence-corrected chi connectivity index (χ1v) is 7.50. The van der Waals surface area contributed by atoms with E-state index in [1.807, 2.05) is 25.5 Å². The van der Waals surface area contributed by atoms with E-state index in [-0.39, 0.29) is 6.04 Å². The number of aryl methyl sites for hydroxylation is 1. The lowest BCUT2D eigenvalue weighted by Gasteiger charge is -2.34. The first-order chi connectivity index (χ1) is 10.1. The third-order valence-electron chi connectivity index (χ3n) is 3.93. The molecule has 3 rings (SSSR count). The van der Waals surface area contributed by atoms with E-state index in [2.05, 4.69) is 38.3 Å². The third-order valence-corrected chi connectivity index (χ3v) is 3.93. The Morgan fingerprint density at radius 1 is 1.43 bits per heavy atom. The second-order valence-electron chi connectivity index (χ2n) is 5.86. The van der Waals surface area contributed by atoms with Gasteiger partial charge >= 0.3 is 0 Å². The van der Waals surface area contributed by atoms with E-state index in [9.17, 15) is 0 Å². The highest BCUT2D eigenvalue weighted by Gasteiger charge is 2.28. The summed E-state index contributed by atoms with van der Waals surface area (Å²) in [4.78, 5) is 14.7. The van der Waals surface area contributed by atoms with Gasteiger partial charge in [0.05, 0.1) is 25.8 Å². The highest BCUT2D eigenvalue weighted by molar-refractivity contribution is 5.05. The predicted octanol–water partition coefficient (Wildman–Crippen LogP) is 2.07. The van der Waals surface area contributed by atoms with Gasteiger partial charge in [-0.15, -0.1) is 0 Å². The summed E-state index contributed by atoms with van der Waals surface area (Å²) in [5.74, 6) is 2.08. The molecule has 1 fully saturated rings. The average Bonchev–Trinajstić information content (AvgIpc) is 3.08. The molecule has 0 unspecified atom stereocenters. The molecule has 0 saturated carbocycles. The highest BCUT2D eigenvalue weighted by Crippen LogP contribution is 2.24. The van der Waals surface area contributed by atoms with Crippen LogP contribution in [-0.2, 0) is 11.3 Å². The van der Waals surface area contributed by atoms with Crippen LogP contribution in [0.2, 0.25) is 0 Å². The standard InChI is InChI=1S/C15H23N5O/c1-11(2)20-5-4-16-14(20)9-19-6-7-21-10-13(19)15-17-8-12(3)18-15/h4-5,8,11,13H,6-7,9-10H2,1-3H3,(H,17,18)/t13-/m0/s1. The van der Waals surface area contributed by atoms with E-state index in [4.69, 9.17) is 4.74 Å². The van der Waals surface area contributed by atoms with Crippen LogP contribution in [0.5, 0.6) is 0 Å². The fourth-order valence-electron chi connectivity index (χ4n) is 2.80. The number of hydrogen-bond donors (Lipinski definition) is 1. The van der Waals surface area contributed by atoms with Crippen molar-refractivity contribution in [1.82, 2.24) is 24.4 Å². The number of nitrogens with one attached hydrogen (secondary N) is 1. The van der Waals surface area contributed by atoms with Crippen LogP contribution in [0.3, 0.4) is 0 Å². The zero-order chi connectivity index (χ0) is 14.8. The third kappa shape index (κ3) is 3.01. The normalized spacial score (nSPS) is 20.3. The molecular formula is C15H23N5O. The Morgan fingerprint density at radius 2 is 2.29 bits per heavy atom. The molecule has 0 aromatic carbocycles. The topological polar surface area (TPSA) is 59.0 Å². The molecule has 1 N–H and O–H groups in total. The molecule has 2 aromatic heterocycles. The largest absolute Gasteiger partial charge is 0.378 e. The maximum Gasteiger partial charge on any atom is 0.126 e. The zero-order valence-electron chi connectivity index (χ0n) is 12.9. The first-order valence-electron chi connectivity index (χ1n) is 7.50. The van der Waals surface area contributed by atoms with Crippen molar-refractivity contribution in [2.45, 2.75) is 39.4 Å². The second kappa shape index (κ2) is 5.99. The number of H-pyrrole nitrogens is 1. The van der Waals surface area contributed by atoms with Crippen LogP contribution in [0.1, 0.15) is 43.3 Å². The Kier molecular flexibility index (Phi) is 4.07. The number of nitrogens with zero attached hydrogens (tertiary/aromatic N) is 4. The lowest BCUT2D eigenvalue weighted by molar-refractivity contribution is -0.0173. The molecule has 0 spiro atoms. The smallest absolute Gasteiger partial charge is 0.126 e. The summed E-state index contributed by atoms with van der Waals surface area (Å²) in [5, 5.41) is 0. The van der Waals surface area contributed by atoms with Crippen molar-refractivity contribution in [3.05, 3.63) is 35.9 Å². The Bertz CT molecular complexity index is 588. The van der Waals surface area contributed by atoms with Crippen molar-refractivity contribution in [3.8, 4) is 0 Å². The van der Waals surface area contributed by atoms with Crippen molar-refractivity contribution >= 4 is 0 Å². The molecule has 1 aliphatic rings. The van der Waals surface area contributed by atoms with Gasteiger partial charge in [-0.1, -0.05) is 0 Å². The number of rotatable bonds is 4. The highest BCUT2D eigenvalue weighted by atomic mass is 16.5. The molecule has 0 amide bonds. The van der Waals surface area contributed by atoms with Crippen molar-refractivity contribution in [2.24, 2.45) is 0 Å². The van der Waals surface area contributed by atoms with Gasteiger partial charge in [0.2, 0.25) is 0 Å². The Morgan fingerprint density at radius 3 is 3.00 bits per heavy atom. The van der Waals surface area contributed by atoms with Crippen LogP contribution in [0.25, 0.3) is 0 Å². The maximum absolute atomic E-state index is 5.64. The Labute approximate surface area is 125 Å². The van der Waals surface area contributed by atoms with Gasteiger partial charge in [-0.05, 0) is 20.8 Å². The van der Waals surface area contributed by atoms with Gasteiger partial charge in [0, 0.05) is 36.9 Å². The van der Waals surface area contributed by atoms with Crippen LogP contribution in [0, 0.1) is 6.92 Å². The predicted molar refractivity (Wildman–Crippen MR) is 79.9 cm³/mol. The molecule has 6 nitrogen and oxygen atoms in total. The Balaban J connectivity index is 1.80. The molecule has 1 saturated heterocycles. The lowest BCUT2D eigenvalue weighted by Crippen LogP contribution is -2.40. The van der Waals surface area contributed by atoms with E-state index in [0.717, 1.165) is 37.0 Å². The number of imidazole rings is 2. The molecule has 1 aliphatic heterocycles. The quantitative estimate of drug-likeness (QED) is 0.936. The number of morpholine rings is 1. The van der Waals surface area contributed by atoms with Crippen LogP contribution >= 0.6 is 0 Å². The van der Waals surface area contributed by atoms with Gasteiger partial charge in [-0.2, -0.15) is 0 Å². The van der Waals surface area contributed by atoms with E-state index in [1.165, 1.54) is 0 Å². The first kappa shape index (κ1) is 14.3. The molecule has 3 heterocycles. The summed E-state index contributed by atoms with van der Waals surface area (Å²) >= 11 is 0. The van der Waals surface area contributed by atoms with Crippen molar-refractivity contribution < 1.29 is 4.74 Å². The molecule has 0 aliphatic carbocycles. The fraction of sp³-hybridized carbons (Fsp3) is 0.600. The molecule has 6 heteroatoms.